The highest BCUT2D eigenvalue weighted by atomic mass is 16.4. The van der Waals surface area contributed by atoms with Crippen molar-refractivity contribution in [2.75, 3.05) is 0 Å². The van der Waals surface area contributed by atoms with Crippen molar-refractivity contribution in [3.05, 3.63) is 0 Å². The van der Waals surface area contributed by atoms with Gasteiger partial charge >= 0.3 is 11.8 Å². The van der Waals surface area contributed by atoms with Crippen LogP contribution in [0, 0.1) is 5.53 Å². The van der Waals surface area contributed by atoms with Crippen LogP contribution in [0.25, 0.3) is 0 Å². The van der Waals surface area contributed by atoms with Gasteiger partial charge in [-0.15, -0.1) is 0 Å². The van der Waals surface area contributed by atoms with Gasteiger partial charge < -0.3 is 20.7 Å². The molecule has 8 nitrogen and oxygen atoms in total. The van der Waals surface area contributed by atoms with Gasteiger partial charge in [-0.05, 0) is 0 Å². The Morgan fingerprint density at radius 1 is 1.46 bits per heavy atom. The zero-order chi connectivity index (χ0) is 11.0. The summed E-state index contributed by atoms with van der Waals surface area (Å²) in [5.74, 6) is -2.48. The number of aliphatic carboxylic acids is 1. The fraction of sp³-hybridized carbons (Fsp3) is 0.200. The highest BCUT2D eigenvalue weighted by Crippen LogP contribution is 1.70. The summed E-state index contributed by atoms with van der Waals surface area (Å²) in [4.78, 5) is 31.2. The molecule has 0 fully saturated rings. The number of nitrogens with one attached hydrogen (secondary N) is 1. The molecule has 0 radical (unpaired) electrons. The van der Waals surface area contributed by atoms with Gasteiger partial charge in [0.05, 0.1) is 10.3 Å². The van der Waals surface area contributed by atoms with Crippen LogP contribution in [0.2, 0.25) is 0 Å². The average Bonchev–Trinajstić information content (AvgIpc) is 1.84. The highest BCUT2D eigenvalue weighted by molar-refractivity contribution is 6.60. The van der Waals surface area contributed by atoms with Gasteiger partial charge in [0, 0.05) is 6.92 Å². The van der Waals surface area contributed by atoms with Gasteiger partial charge in [0.25, 0.3) is 0 Å². The minimum absolute atomic E-state index is 0.773. The summed E-state index contributed by atoms with van der Waals surface area (Å²) >= 11 is 0. The second-order valence-electron chi connectivity index (χ2n) is 1.64. The molecule has 0 aromatic carbocycles. The minimum Gasteiger partial charge on any atom is -0.538 e. The molecular formula is C5H7N3O5. The Labute approximate surface area is 72.2 Å². The lowest BCUT2D eigenvalue weighted by atomic mass is 10.3. The van der Waals surface area contributed by atoms with Crippen molar-refractivity contribution in [1.29, 1.82) is 5.53 Å². The maximum absolute atomic E-state index is 10.1. The molecule has 0 heterocycles. The van der Waals surface area contributed by atoms with E-state index >= 15 is 0 Å². The topological polar surface area (TPSA) is 158 Å². The van der Waals surface area contributed by atoms with E-state index in [9.17, 15) is 14.7 Å². The molecule has 0 bridgehead atoms. The van der Waals surface area contributed by atoms with Crippen molar-refractivity contribution in [2.45, 2.75) is 6.92 Å². The lowest BCUT2D eigenvalue weighted by Gasteiger charge is -1.84. The molecule has 0 saturated carbocycles. The van der Waals surface area contributed by atoms with Gasteiger partial charge in [-0.3, -0.25) is 4.79 Å². The van der Waals surface area contributed by atoms with Crippen molar-refractivity contribution in [2.24, 2.45) is 5.73 Å². The van der Waals surface area contributed by atoms with Crippen LogP contribution in [0.15, 0.2) is 0 Å². The molecule has 0 rings (SSSR count). The molecule has 0 unspecified atom stereocenters. The van der Waals surface area contributed by atoms with Gasteiger partial charge in [-0.2, -0.15) is 0 Å². The number of carboxylic acid groups (broad SMARTS) is 2. The molecule has 0 aromatic heterocycles. The molecule has 13 heavy (non-hydrogen) atoms. The monoisotopic (exact) mass is 189 g/mol. The summed E-state index contributed by atoms with van der Waals surface area (Å²) in [5.41, 5.74) is 9.34. The summed E-state index contributed by atoms with van der Waals surface area (Å²) in [6.45, 7) is 1.00. The van der Waals surface area contributed by atoms with Crippen molar-refractivity contribution in [3.8, 4) is 0 Å². The van der Waals surface area contributed by atoms with E-state index in [2.05, 4.69) is 10.5 Å². The first-order valence-corrected chi connectivity index (χ1v) is 2.78. The van der Waals surface area contributed by atoms with E-state index in [1.165, 1.54) is 0 Å². The standard InChI is InChI=1S/C4H4N2O3.CH3NO2/c1-2(7)3(6-5)4(8)9;2-1(3)4/h5H,1H3;2H2,(H,3,4). The fourth-order valence-corrected chi connectivity index (χ4v) is 0.268. The largest absolute Gasteiger partial charge is 0.538 e. The summed E-state index contributed by atoms with van der Waals surface area (Å²) < 4.78 is 0. The average molecular weight is 189 g/mol. The van der Waals surface area contributed by atoms with Gasteiger partial charge in [0.15, 0.2) is 5.97 Å². The van der Waals surface area contributed by atoms with Crippen molar-refractivity contribution in [3.63, 3.8) is 0 Å². The Hall–Kier alpha value is -2.21. The van der Waals surface area contributed by atoms with E-state index < -0.39 is 23.6 Å². The molecule has 72 valence electrons. The summed E-state index contributed by atoms with van der Waals surface area (Å²) in [6.07, 6.45) is -1.33. The summed E-state index contributed by atoms with van der Waals surface area (Å²) in [5, 5.41) is 17.0. The van der Waals surface area contributed by atoms with Crippen molar-refractivity contribution >= 4 is 23.6 Å². The van der Waals surface area contributed by atoms with Crippen molar-refractivity contribution < 1.29 is 29.4 Å². The smallest absolute Gasteiger partial charge is 0.429 e. The number of ketones is 1. The third-order valence-corrected chi connectivity index (χ3v) is 0.639. The first-order valence-electron chi connectivity index (χ1n) is 2.78. The van der Waals surface area contributed by atoms with E-state index in [0.717, 1.165) is 6.92 Å². The van der Waals surface area contributed by atoms with Crippen LogP contribution in [0.5, 0.6) is 0 Å². The third-order valence-electron chi connectivity index (χ3n) is 0.639. The van der Waals surface area contributed by atoms with Crippen LogP contribution in [-0.2, 0) is 9.59 Å². The van der Waals surface area contributed by atoms with Crippen LogP contribution in [0.1, 0.15) is 6.92 Å². The molecule has 8 heteroatoms. The number of nitrogens with two attached hydrogens (primary N) is 1. The van der Waals surface area contributed by atoms with Gasteiger partial charge in [-0.1, -0.05) is 0 Å². The number of nitrogens with zero attached hydrogens (tertiary/aromatic N) is 1. The Morgan fingerprint density at radius 3 is 1.77 bits per heavy atom. The number of carbonyl (C=O) groups is 3. The molecular weight excluding hydrogens is 182 g/mol. The Balaban J connectivity index is 0. The van der Waals surface area contributed by atoms with Crippen LogP contribution in [0.4, 0.5) is 4.79 Å². The summed E-state index contributed by atoms with van der Waals surface area (Å²) in [7, 11) is 0. The van der Waals surface area contributed by atoms with Gasteiger partial charge in [0.1, 0.15) is 0 Å². The minimum atomic E-state index is -1.71. The number of amides is 1. The number of carboxylic acids is 1. The Kier molecular flexibility index (Phi) is 6.69. The second-order valence-corrected chi connectivity index (χ2v) is 1.64. The maximum atomic E-state index is 10.1. The van der Waals surface area contributed by atoms with E-state index in [1.54, 1.807) is 0 Å². The van der Waals surface area contributed by atoms with Crippen LogP contribution in [0.3, 0.4) is 0 Å². The van der Waals surface area contributed by atoms with Gasteiger partial charge in [-0.25, -0.2) is 4.79 Å². The predicted octanol–water partition coefficient (Wildman–Crippen LogP) is -2.37. The highest BCUT2D eigenvalue weighted by Gasteiger charge is 2.18. The number of hydrogen-bond donors (Lipinski definition) is 3. The van der Waals surface area contributed by atoms with E-state index in [1.807, 2.05) is 0 Å². The maximum Gasteiger partial charge on any atom is 0.429 e. The van der Waals surface area contributed by atoms with Crippen LogP contribution in [-0.4, -0.2) is 33.5 Å². The molecule has 0 aliphatic rings. The first kappa shape index (κ1) is 13.4. The molecule has 0 aliphatic carbocycles. The fourth-order valence-electron chi connectivity index (χ4n) is 0.268. The molecule has 0 saturated heterocycles. The zero-order valence-corrected chi connectivity index (χ0v) is 6.60. The molecule has 0 spiro atoms. The molecule has 0 aromatic rings. The van der Waals surface area contributed by atoms with E-state index in [-0.39, 0.29) is 0 Å². The lowest BCUT2D eigenvalue weighted by Crippen LogP contribution is -2.36. The van der Waals surface area contributed by atoms with Crippen LogP contribution < -0.4 is 10.8 Å². The number of Topliss-reactive ketones (excluding diaryl/α,β-unsaturated/α-hetero) is 1. The molecule has 0 aliphatic heterocycles. The molecule has 1 amide bonds. The lowest BCUT2D eigenvalue weighted by molar-refractivity contribution is -0.298. The zero-order valence-electron chi connectivity index (χ0n) is 6.60. The number of rotatable bonds is 2. The normalized spacial score (nSPS) is 7.15. The van der Waals surface area contributed by atoms with Crippen molar-refractivity contribution in [1.82, 2.24) is 0 Å². The quantitative estimate of drug-likeness (QED) is 0.191. The molecule has 4 N–H and O–H groups in total. The number of hydrogen-bond acceptors (Lipinski definition) is 5. The first-order chi connectivity index (χ1) is 5.82. The number of carbonyl (C=O) groups excluding carboxylic acids is 2. The Bertz CT molecular complexity index is 258. The van der Waals surface area contributed by atoms with E-state index in [0.29, 0.717) is 0 Å². The SMILES string of the molecule is CC(=O)C(=[N+]=N)C(=O)[O-].NC(=O)O. The Morgan fingerprint density at radius 2 is 1.77 bits per heavy atom. The third kappa shape index (κ3) is 9.79. The van der Waals surface area contributed by atoms with Crippen LogP contribution >= 0.6 is 0 Å². The van der Waals surface area contributed by atoms with Gasteiger partial charge in [0.2, 0.25) is 5.78 Å². The van der Waals surface area contributed by atoms with E-state index in [4.69, 9.17) is 15.4 Å². The predicted molar refractivity (Wildman–Crippen MR) is 35.9 cm³/mol. The summed E-state index contributed by atoms with van der Waals surface area (Å²) in [6, 6.07) is 0. The number of primary amides is 1. The second kappa shape index (κ2) is 6.50. The molecule has 0 atom stereocenters.